The molecule has 1 aliphatic heterocycles. The molecular formula is C35H56O3. The lowest BCUT2D eigenvalue weighted by atomic mass is 9.32. The van der Waals surface area contributed by atoms with Gasteiger partial charge in [-0.3, -0.25) is 0 Å². The number of fused-ring (bicyclic) bond motifs is 7. The highest BCUT2D eigenvalue weighted by atomic mass is 16.7. The van der Waals surface area contributed by atoms with Crippen molar-refractivity contribution in [2.75, 3.05) is 6.61 Å². The van der Waals surface area contributed by atoms with Crippen molar-refractivity contribution in [1.82, 2.24) is 0 Å². The van der Waals surface area contributed by atoms with Gasteiger partial charge in [0.2, 0.25) is 0 Å². The molecule has 3 heteroatoms. The van der Waals surface area contributed by atoms with E-state index in [9.17, 15) is 4.79 Å². The molecule has 0 aromatic rings. The number of carbonyl (C=O) groups excluding carboxylic acids is 1. The van der Waals surface area contributed by atoms with E-state index in [0.29, 0.717) is 46.0 Å². The van der Waals surface area contributed by atoms with E-state index in [-0.39, 0.29) is 17.1 Å². The molecule has 0 spiro atoms. The molecule has 6 aliphatic rings. The molecule has 6 fully saturated rings. The standard InChI is InChI=1S/C35H56O3/c1-23(2)24-13-18-35(22-36)20-19-33(6)25(30(24)35)11-12-27-32(5)16-15-28(38-29-10-8-9-21-37-29)31(3,4)26(32)14-17-34(27,33)7/h22,24-30H,1,8-21H2,2-7H3/t24-,25+,26-,27+,28-,29?,30+,32-,33+,34+,35+/m0/s1. The first-order valence-corrected chi connectivity index (χ1v) is 16.3. The second-order valence-electron chi connectivity index (χ2n) is 16.3. The number of rotatable bonds is 4. The Morgan fingerprint density at radius 3 is 2.32 bits per heavy atom. The molecule has 5 saturated carbocycles. The normalized spacial score (nSPS) is 53.7. The average Bonchev–Trinajstić information content (AvgIpc) is 3.27. The van der Waals surface area contributed by atoms with Gasteiger partial charge in [0.15, 0.2) is 6.29 Å². The monoisotopic (exact) mass is 524 g/mol. The van der Waals surface area contributed by atoms with Crippen molar-refractivity contribution in [2.45, 2.75) is 137 Å². The fourth-order valence-corrected chi connectivity index (χ4v) is 12.6. The van der Waals surface area contributed by atoms with Gasteiger partial charge in [0.1, 0.15) is 6.29 Å². The number of carbonyl (C=O) groups is 1. The van der Waals surface area contributed by atoms with Gasteiger partial charge in [0.05, 0.1) is 6.10 Å². The molecule has 0 radical (unpaired) electrons. The number of hydrogen-bond donors (Lipinski definition) is 0. The first-order chi connectivity index (χ1) is 17.9. The maximum absolute atomic E-state index is 12.7. The Balaban J connectivity index is 1.29. The molecule has 1 unspecified atom stereocenters. The summed E-state index contributed by atoms with van der Waals surface area (Å²) in [7, 11) is 0. The largest absolute Gasteiger partial charge is 0.353 e. The Bertz CT molecular complexity index is 949. The minimum Gasteiger partial charge on any atom is -0.353 e. The van der Waals surface area contributed by atoms with Crippen LogP contribution in [0, 0.1) is 56.7 Å². The quantitative estimate of drug-likeness (QED) is 0.209. The summed E-state index contributed by atoms with van der Waals surface area (Å²) in [5.41, 5.74) is 2.42. The van der Waals surface area contributed by atoms with Crippen molar-refractivity contribution in [1.29, 1.82) is 0 Å². The van der Waals surface area contributed by atoms with Crippen LogP contribution in [0.3, 0.4) is 0 Å². The van der Waals surface area contributed by atoms with Crippen LogP contribution in [-0.4, -0.2) is 25.3 Å². The minimum absolute atomic E-state index is 0.00795. The molecule has 1 heterocycles. The molecular weight excluding hydrogens is 468 g/mol. The van der Waals surface area contributed by atoms with Gasteiger partial charge >= 0.3 is 0 Å². The predicted octanol–water partition coefficient (Wildman–Crippen LogP) is 8.75. The Kier molecular flexibility index (Phi) is 6.63. The van der Waals surface area contributed by atoms with Gasteiger partial charge in [0, 0.05) is 12.0 Å². The average molecular weight is 525 g/mol. The molecule has 6 rings (SSSR count). The minimum atomic E-state index is -0.0866. The lowest BCUT2D eigenvalue weighted by Crippen LogP contribution is -2.67. The van der Waals surface area contributed by atoms with E-state index in [1.165, 1.54) is 76.1 Å². The molecule has 0 aromatic carbocycles. The number of aldehydes is 1. The van der Waals surface area contributed by atoms with Crippen LogP contribution in [0.1, 0.15) is 125 Å². The van der Waals surface area contributed by atoms with Crippen molar-refractivity contribution in [3.05, 3.63) is 12.2 Å². The summed E-state index contributed by atoms with van der Waals surface area (Å²) in [5.74, 6) is 3.15. The predicted molar refractivity (Wildman–Crippen MR) is 153 cm³/mol. The maximum atomic E-state index is 12.7. The summed E-state index contributed by atoms with van der Waals surface area (Å²) in [5, 5.41) is 0. The molecule has 0 amide bonds. The third-order valence-electron chi connectivity index (χ3n) is 14.8. The number of allylic oxidation sites excluding steroid dienone is 1. The van der Waals surface area contributed by atoms with Gasteiger partial charge < -0.3 is 14.3 Å². The third kappa shape index (κ3) is 3.61. The van der Waals surface area contributed by atoms with Crippen LogP contribution >= 0.6 is 0 Å². The highest BCUT2D eigenvalue weighted by Gasteiger charge is 2.71. The fourth-order valence-electron chi connectivity index (χ4n) is 12.6. The van der Waals surface area contributed by atoms with Crippen LogP contribution in [0.5, 0.6) is 0 Å². The van der Waals surface area contributed by atoms with Crippen LogP contribution in [-0.2, 0) is 14.3 Å². The zero-order valence-electron chi connectivity index (χ0n) is 25.5. The molecule has 5 aliphatic carbocycles. The molecule has 3 nitrogen and oxygen atoms in total. The molecule has 0 bridgehead atoms. The van der Waals surface area contributed by atoms with E-state index in [2.05, 4.69) is 48.1 Å². The topological polar surface area (TPSA) is 35.5 Å². The Labute approximate surface area is 233 Å². The van der Waals surface area contributed by atoms with Crippen molar-refractivity contribution >= 4 is 6.29 Å². The van der Waals surface area contributed by atoms with Gasteiger partial charge in [-0.25, -0.2) is 0 Å². The van der Waals surface area contributed by atoms with Gasteiger partial charge in [-0.15, -0.1) is 0 Å². The van der Waals surface area contributed by atoms with E-state index in [4.69, 9.17) is 9.47 Å². The van der Waals surface area contributed by atoms with Crippen LogP contribution in [0.2, 0.25) is 0 Å². The van der Waals surface area contributed by atoms with E-state index in [0.717, 1.165) is 31.8 Å². The van der Waals surface area contributed by atoms with Crippen molar-refractivity contribution in [3.63, 3.8) is 0 Å². The molecule has 0 N–H and O–H groups in total. The SMILES string of the molecule is C=C(C)[C@@H]1CC[C@]2(C=O)CC[C@]3(C)[C@H](CC[C@@H]4[C@@]5(C)CC[C@H](OC6CCCCO6)C(C)(C)[C@@H]5CC[C@]43C)[C@@H]12. The number of ether oxygens (including phenoxy) is 2. The van der Waals surface area contributed by atoms with Crippen molar-refractivity contribution in [3.8, 4) is 0 Å². The summed E-state index contributed by atoms with van der Waals surface area (Å²) in [6, 6.07) is 0. The number of hydrogen-bond acceptors (Lipinski definition) is 3. The zero-order chi connectivity index (χ0) is 27.1. The highest BCUT2D eigenvalue weighted by molar-refractivity contribution is 5.62. The summed E-state index contributed by atoms with van der Waals surface area (Å²) < 4.78 is 12.8. The Morgan fingerprint density at radius 1 is 0.842 bits per heavy atom. The van der Waals surface area contributed by atoms with Crippen LogP contribution in [0.15, 0.2) is 12.2 Å². The highest BCUT2D eigenvalue weighted by Crippen LogP contribution is 2.77. The van der Waals surface area contributed by atoms with E-state index in [1.807, 2.05) is 0 Å². The van der Waals surface area contributed by atoms with Crippen molar-refractivity contribution in [2.24, 2.45) is 56.7 Å². The summed E-state index contributed by atoms with van der Waals surface area (Å²) in [6.45, 7) is 20.6. The second kappa shape index (κ2) is 9.17. The van der Waals surface area contributed by atoms with Gasteiger partial charge in [-0.05, 0) is 142 Å². The van der Waals surface area contributed by atoms with E-state index in [1.54, 1.807) is 0 Å². The second-order valence-corrected chi connectivity index (χ2v) is 16.3. The van der Waals surface area contributed by atoms with Crippen LogP contribution in [0.25, 0.3) is 0 Å². The molecule has 11 atom stereocenters. The van der Waals surface area contributed by atoms with Crippen molar-refractivity contribution < 1.29 is 14.3 Å². The summed E-state index contributed by atoms with van der Waals surface area (Å²) in [6.07, 6.45) is 17.5. The maximum Gasteiger partial charge on any atom is 0.157 e. The molecule has 0 aromatic heterocycles. The van der Waals surface area contributed by atoms with Crippen LogP contribution < -0.4 is 0 Å². The Morgan fingerprint density at radius 2 is 1.63 bits per heavy atom. The fraction of sp³-hybridized carbons (Fsp3) is 0.914. The van der Waals surface area contributed by atoms with Gasteiger partial charge in [-0.2, -0.15) is 0 Å². The van der Waals surface area contributed by atoms with E-state index >= 15 is 0 Å². The first kappa shape index (κ1) is 27.5. The molecule has 214 valence electrons. The summed E-state index contributed by atoms with van der Waals surface area (Å²) in [4.78, 5) is 12.7. The first-order valence-electron chi connectivity index (χ1n) is 16.3. The third-order valence-corrected chi connectivity index (χ3v) is 14.8. The molecule has 1 saturated heterocycles. The molecule has 38 heavy (non-hydrogen) atoms. The van der Waals surface area contributed by atoms with Crippen LogP contribution in [0.4, 0.5) is 0 Å². The van der Waals surface area contributed by atoms with Gasteiger partial charge in [0.25, 0.3) is 0 Å². The lowest BCUT2D eigenvalue weighted by molar-refractivity contribution is -0.272. The lowest BCUT2D eigenvalue weighted by Gasteiger charge is -2.73. The van der Waals surface area contributed by atoms with E-state index < -0.39 is 0 Å². The summed E-state index contributed by atoms with van der Waals surface area (Å²) >= 11 is 0. The Hall–Kier alpha value is -0.670. The zero-order valence-corrected chi connectivity index (χ0v) is 25.5. The van der Waals surface area contributed by atoms with Gasteiger partial charge in [-0.1, -0.05) is 46.8 Å². The smallest absolute Gasteiger partial charge is 0.157 e.